The van der Waals surface area contributed by atoms with Gasteiger partial charge in [-0.05, 0) is 33.2 Å². The molecule has 2 aliphatic heterocycles. The second-order valence-electron chi connectivity index (χ2n) is 11.1. The van der Waals surface area contributed by atoms with E-state index in [1.165, 1.54) is 6.92 Å². The number of ether oxygens (including phenoxy) is 4. The molecule has 0 aromatic heterocycles. The number of carbonyl (C=O) groups excluding carboxylic acids is 1. The summed E-state index contributed by atoms with van der Waals surface area (Å²) in [5, 5.41) is 67.7. The first-order chi connectivity index (χ1) is 19.3. The van der Waals surface area contributed by atoms with Gasteiger partial charge >= 0.3 is 0 Å². The summed E-state index contributed by atoms with van der Waals surface area (Å²) in [5.74, 6) is -0.861. The quantitative estimate of drug-likeness (QED) is 0.0784. The lowest BCUT2D eigenvalue weighted by molar-refractivity contribution is -0.307. The highest BCUT2D eigenvalue weighted by molar-refractivity contribution is 5.81. The Bertz CT molecular complexity index is 873. The summed E-state index contributed by atoms with van der Waals surface area (Å²) in [6.45, 7) is 0.758. The zero-order valence-corrected chi connectivity index (χ0v) is 23.4. The maximum Gasteiger partial charge on any atom is 0.250 e. The normalized spacial score (nSPS) is 42.3. The minimum absolute atomic E-state index is 0.0337. The number of nitrogens with one attached hydrogen (secondary N) is 4. The van der Waals surface area contributed by atoms with E-state index in [9.17, 15) is 25.2 Å². The minimum Gasteiger partial charge on any atom is -0.388 e. The van der Waals surface area contributed by atoms with Crippen molar-refractivity contribution in [3.8, 4) is 0 Å². The van der Waals surface area contributed by atoms with Crippen molar-refractivity contribution in [1.82, 2.24) is 16.0 Å². The van der Waals surface area contributed by atoms with Crippen molar-refractivity contribution in [2.75, 3.05) is 33.4 Å². The van der Waals surface area contributed by atoms with Crippen LogP contribution in [0.3, 0.4) is 0 Å². The summed E-state index contributed by atoms with van der Waals surface area (Å²) in [5.41, 5.74) is 16.6. The van der Waals surface area contributed by atoms with Crippen LogP contribution in [0, 0.1) is 5.41 Å². The zero-order valence-electron chi connectivity index (χ0n) is 23.4. The van der Waals surface area contributed by atoms with Crippen LogP contribution in [0.2, 0.25) is 0 Å². The Labute approximate surface area is 238 Å². The van der Waals surface area contributed by atoms with Gasteiger partial charge < -0.3 is 77.6 Å². The highest BCUT2D eigenvalue weighted by Gasteiger charge is 2.52. The summed E-state index contributed by atoms with van der Waals surface area (Å²) in [4.78, 5) is 12.5. The Balaban J connectivity index is 1.78. The van der Waals surface area contributed by atoms with E-state index >= 15 is 0 Å². The molecule has 0 radical (unpaired) electrons. The van der Waals surface area contributed by atoms with E-state index < -0.39 is 91.5 Å². The first kappa shape index (κ1) is 33.9. The van der Waals surface area contributed by atoms with E-state index in [1.807, 2.05) is 0 Å². The van der Waals surface area contributed by atoms with Crippen molar-refractivity contribution >= 4 is 11.7 Å². The average molecular weight is 594 g/mol. The molecule has 0 spiro atoms. The van der Waals surface area contributed by atoms with E-state index in [0.717, 1.165) is 0 Å². The van der Waals surface area contributed by atoms with E-state index in [4.69, 9.17) is 46.7 Å². The monoisotopic (exact) mass is 593 g/mol. The van der Waals surface area contributed by atoms with Crippen LogP contribution in [0.4, 0.5) is 0 Å². The van der Waals surface area contributed by atoms with Gasteiger partial charge in [-0.1, -0.05) is 0 Å². The third-order valence-electron chi connectivity index (χ3n) is 7.79. The maximum absolute atomic E-state index is 12.5. The number of hydrogen-bond donors (Lipinski definition) is 12. The second-order valence-corrected chi connectivity index (χ2v) is 11.1. The zero-order chi connectivity index (χ0) is 30.5. The molecular weight excluding hydrogens is 546 g/mol. The van der Waals surface area contributed by atoms with Gasteiger partial charge in [-0.2, -0.15) is 0 Å². The number of nitrogens with two attached hydrogens (primary N) is 3. The number of amides is 1. The Kier molecular flexibility index (Phi) is 12.2. The van der Waals surface area contributed by atoms with Crippen molar-refractivity contribution < 1.29 is 49.3 Å². The fourth-order valence-corrected chi connectivity index (χ4v) is 5.45. The molecule has 13 atom stereocenters. The van der Waals surface area contributed by atoms with Crippen LogP contribution in [-0.2, 0) is 23.7 Å². The van der Waals surface area contributed by atoms with Crippen LogP contribution in [0.25, 0.3) is 0 Å². The highest BCUT2D eigenvalue weighted by Crippen LogP contribution is 2.32. The van der Waals surface area contributed by atoms with E-state index in [0.29, 0.717) is 12.8 Å². The first-order valence-corrected chi connectivity index (χ1v) is 13.8. The third-order valence-corrected chi connectivity index (χ3v) is 7.79. The molecule has 2 saturated heterocycles. The fourth-order valence-electron chi connectivity index (χ4n) is 5.45. The van der Waals surface area contributed by atoms with E-state index in [1.54, 1.807) is 7.05 Å². The van der Waals surface area contributed by atoms with Gasteiger partial charge in [-0.15, -0.1) is 0 Å². The van der Waals surface area contributed by atoms with Gasteiger partial charge in [0.25, 0.3) is 0 Å². The molecule has 3 rings (SSSR count). The van der Waals surface area contributed by atoms with Crippen molar-refractivity contribution in [1.29, 1.82) is 5.41 Å². The number of rotatable bonds is 11. The molecule has 0 aromatic carbocycles. The van der Waals surface area contributed by atoms with Crippen molar-refractivity contribution in [2.45, 2.75) is 105 Å². The molecule has 17 heteroatoms. The molecule has 3 fully saturated rings. The van der Waals surface area contributed by atoms with E-state index in [2.05, 4.69) is 16.0 Å². The number of carbonyl (C=O) groups is 1. The number of hydrogen-bond acceptors (Lipinski definition) is 15. The number of amidine groups is 1. The van der Waals surface area contributed by atoms with Crippen molar-refractivity contribution in [3.05, 3.63) is 0 Å². The average Bonchev–Trinajstić information content (AvgIpc) is 2.93. The predicted molar refractivity (Wildman–Crippen MR) is 143 cm³/mol. The number of aliphatic hydroxyl groups excluding tert-OH is 4. The number of likely N-dealkylation sites (N-methyl/N-ethyl adjacent to an activating group) is 1. The Hall–Kier alpha value is -1.58. The van der Waals surface area contributed by atoms with Crippen LogP contribution < -0.4 is 33.2 Å². The smallest absolute Gasteiger partial charge is 0.250 e. The van der Waals surface area contributed by atoms with Crippen LogP contribution in [0.15, 0.2) is 0 Å². The van der Waals surface area contributed by atoms with Crippen LogP contribution >= 0.6 is 0 Å². The molecule has 41 heavy (non-hydrogen) atoms. The molecule has 17 nitrogen and oxygen atoms in total. The van der Waals surface area contributed by atoms with Gasteiger partial charge in [0, 0.05) is 19.1 Å². The summed E-state index contributed by atoms with van der Waals surface area (Å²) >= 11 is 0. The van der Waals surface area contributed by atoms with Crippen LogP contribution in [0.5, 0.6) is 0 Å². The largest absolute Gasteiger partial charge is 0.388 e. The first-order valence-electron chi connectivity index (χ1n) is 13.8. The van der Waals surface area contributed by atoms with Crippen LogP contribution in [0.1, 0.15) is 26.2 Å². The topological polar surface area (TPSA) is 293 Å². The summed E-state index contributed by atoms with van der Waals surface area (Å²) in [6, 6.07) is -3.18. The van der Waals surface area contributed by atoms with Gasteiger partial charge in [0.15, 0.2) is 12.6 Å². The highest BCUT2D eigenvalue weighted by atomic mass is 16.7. The summed E-state index contributed by atoms with van der Waals surface area (Å²) < 4.78 is 23.7. The lowest BCUT2D eigenvalue weighted by Crippen LogP contribution is -2.69. The molecule has 0 aromatic rings. The van der Waals surface area contributed by atoms with Gasteiger partial charge in [0.1, 0.15) is 48.6 Å². The third kappa shape index (κ3) is 8.29. The Morgan fingerprint density at radius 1 is 1.15 bits per heavy atom. The van der Waals surface area contributed by atoms with Gasteiger partial charge in [-0.3, -0.25) is 10.2 Å². The molecule has 2 heterocycles. The van der Waals surface area contributed by atoms with E-state index in [-0.39, 0.29) is 32.0 Å². The summed E-state index contributed by atoms with van der Waals surface area (Å²) in [7, 11) is 1.56. The fraction of sp³-hybridized carbons (Fsp3) is 0.917. The SMILES string of the molecule is CN[C@@H]1C(O)[C@@H](OC2C(O)C(O[C@H]3O[C@H](CNC(=N)CO)CCC3N)[C@@H](N)C[C@H]2NC(=O)[C@@H](O)CN)OCC1(C)O. The van der Waals surface area contributed by atoms with Gasteiger partial charge in [-0.25, -0.2) is 0 Å². The molecular formula is C24H47N7O10. The maximum atomic E-state index is 12.5. The molecule has 3 aliphatic rings. The lowest BCUT2D eigenvalue weighted by atomic mass is 9.83. The van der Waals surface area contributed by atoms with Gasteiger partial charge in [0.05, 0.1) is 30.8 Å². The Morgan fingerprint density at radius 3 is 2.46 bits per heavy atom. The molecule has 238 valence electrons. The molecule has 0 bridgehead atoms. The minimum atomic E-state index is -1.51. The van der Waals surface area contributed by atoms with Crippen molar-refractivity contribution in [3.63, 3.8) is 0 Å². The summed E-state index contributed by atoms with van der Waals surface area (Å²) in [6.07, 6.45) is -8.24. The lowest BCUT2D eigenvalue weighted by Gasteiger charge is -2.49. The van der Waals surface area contributed by atoms with Crippen molar-refractivity contribution in [2.24, 2.45) is 17.2 Å². The predicted octanol–water partition coefficient (Wildman–Crippen LogP) is -5.90. The van der Waals surface area contributed by atoms with Gasteiger partial charge in [0.2, 0.25) is 5.91 Å². The second kappa shape index (κ2) is 14.7. The standard InChI is InChI=1S/C24H47N7O10/c1-24(37)9-38-23(17(35)20(24)29-2)41-19-13(31-21(36)14(33)6-25)5-12(27)18(16(19)34)40-22-11(26)4-3-10(39-22)7-30-15(28)8-32/h10-14,16-20,22-23,29,32-35,37H,3-9,25-27H2,1-2H3,(H2,28,30)(H,31,36)/t10-,11?,12-,13+,14-,16?,17?,18?,19?,20+,22+,23+,24?/m0/s1. The molecule has 15 N–H and O–H groups in total. The molecule has 1 saturated carbocycles. The molecule has 6 unspecified atom stereocenters. The Morgan fingerprint density at radius 2 is 1.83 bits per heavy atom. The molecule has 1 aliphatic carbocycles. The van der Waals surface area contributed by atoms with Crippen LogP contribution in [-0.4, -0.2) is 150 Å². The number of aliphatic hydroxyl groups is 5. The molecule has 1 amide bonds.